The second-order valence-electron chi connectivity index (χ2n) is 6.43. The van der Waals surface area contributed by atoms with Crippen molar-refractivity contribution in [1.82, 2.24) is 10.6 Å². The number of quaternary nitrogens is 1. The van der Waals surface area contributed by atoms with E-state index in [4.69, 9.17) is 4.74 Å². The highest BCUT2D eigenvalue weighted by Crippen LogP contribution is 2.02. The van der Waals surface area contributed by atoms with Crippen molar-refractivity contribution in [2.45, 2.75) is 51.0 Å². The summed E-state index contributed by atoms with van der Waals surface area (Å²) < 4.78 is 9.65. The molecule has 1 aromatic rings. The van der Waals surface area contributed by atoms with E-state index in [2.05, 4.69) is 21.1 Å². The van der Waals surface area contributed by atoms with Gasteiger partial charge in [0.15, 0.2) is 12.1 Å². The zero-order valence-corrected chi connectivity index (χ0v) is 16.3. The van der Waals surface area contributed by atoms with Gasteiger partial charge in [0.2, 0.25) is 0 Å². The first-order chi connectivity index (χ1) is 13.3. The van der Waals surface area contributed by atoms with Crippen LogP contribution in [0, 0.1) is 0 Å². The van der Waals surface area contributed by atoms with Gasteiger partial charge in [-0.1, -0.05) is 30.3 Å². The third kappa shape index (κ3) is 8.83. The molecule has 0 saturated heterocycles. The summed E-state index contributed by atoms with van der Waals surface area (Å²) in [6.45, 7) is 2.02. The van der Waals surface area contributed by atoms with Gasteiger partial charge < -0.3 is 30.9 Å². The van der Waals surface area contributed by atoms with Gasteiger partial charge in [0.1, 0.15) is 6.61 Å². The minimum absolute atomic E-state index is 0.207. The normalized spacial score (nSPS) is 13.7. The maximum absolute atomic E-state index is 12.1. The van der Waals surface area contributed by atoms with Gasteiger partial charge >= 0.3 is 12.1 Å². The number of hydrogen-bond acceptors (Lipinski definition) is 6. The fraction of sp³-hybridized carbons (Fsp3) is 0.526. The first-order valence-electron chi connectivity index (χ1n) is 9.19. The molecule has 0 aliphatic carbocycles. The summed E-state index contributed by atoms with van der Waals surface area (Å²) in [4.78, 5) is 35.3. The number of ether oxygens (including phenoxy) is 2. The lowest BCUT2D eigenvalue weighted by molar-refractivity contribution is -0.405. The van der Waals surface area contributed by atoms with Crippen LogP contribution >= 0.6 is 0 Å². The van der Waals surface area contributed by atoms with Gasteiger partial charge in [-0.25, -0.2) is 9.59 Å². The fourth-order valence-electron chi connectivity index (χ4n) is 2.39. The molecular weight excluding hydrogens is 366 g/mol. The van der Waals surface area contributed by atoms with Crippen molar-refractivity contribution in [3.63, 3.8) is 0 Å². The summed E-state index contributed by atoms with van der Waals surface area (Å²) >= 11 is 0. The quantitative estimate of drug-likeness (QED) is 0.300. The molecule has 0 aromatic heterocycles. The number of benzene rings is 1. The third-order valence-corrected chi connectivity index (χ3v) is 4.07. The SMILES string of the molecule is COC(=O)[C@@H](NC(=O)[C@H]([NH3+])CCCCNC(=O)OCc1ccccc1)[C@@H](C)O. The van der Waals surface area contributed by atoms with Crippen LogP contribution in [0.5, 0.6) is 0 Å². The van der Waals surface area contributed by atoms with Crippen LogP contribution in [0.25, 0.3) is 0 Å². The first-order valence-corrected chi connectivity index (χ1v) is 9.19. The highest BCUT2D eigenvalue weighted by atomic mass is 16.5. The van der Waals surface area contributed by atoms with Gasteiger partial charge in [0, 0.05) is 13.0 Å². The number of hydrogen-bond donors (Lipinski definition) is 4. The zero-order chi connectivity index (χ0) is 20.9. The lowest BCUT2D eigenvalue weighted by Crippen LogP contribution is -2.69. The van der Waals surface area contributed by atoms with E-state index in [1.165, 1.54) is 14.0 Å². The largest absolute Gasteiger partial charge is 0.467 e. The maximum Gasteiger partial charge on any atom is 0.407 e. The topological polar surface area (TPSA) is 142 Å². The van der Waals surface area contributed by atoms with Crippen LogP contribution in [0.15, 0.2) is 30.3 Å². The molecule has 0 saturated carbocycles. The summed E-state index contributed by atoms with van der Waals surface area (Å²) in [5, 5.41) is 14.7. The molecule has 0 unspecified atom stereocenters. The number of methoxy groups -OCH3 is 1. The molecular formula is C19H30N3O6+. The molecule has 0 heterocycles. The molecule has 0 aliphatic rings. The second-order valence-corrected chi connectivity index (χ2v) is 6.43. The predicted molar refractivity (Wildman–Crippen MR) is 101 cm³/mol. The predicted octanol–water partition coefficient (Wildman–Crippen LogP) is -0.268. The Labute approximate surface area is 164 Å². The average molecular weight is 396 g/mol. The number of esters is 1. The summed E-state index contributed by atoms with van der Waals surface area (Å²) in [5.41, 5.74) is 4.68. The number of carbonyl (C=O) groups excluding carboxylic acids is 3. The highest BCUT2D eigenvalue weighted by molar-refractivity contribution is 5.86. The number of rotatable bonds is 11. The molecule has 9 nitrogen and oxygen atoms in total. The Morgan fingerprint density at radius 1 is 1.18 bits per heavy atom. The molecule has 1 aromatic carbocycles. The van der Waals surface area contributed by atoms with Gasteiger partial charge in [-0.3, -0.25) is 4.79 Å². The molecule has 6 N–H and O–H groups in total. The van der Waals surface area contributed by atoms with Crippen molar-refractivity contribution in [2.24, 2.45) is 0 Å². The Kier molecular flexibility index (Phi) is 10.6. The van der Waals surface area contributed by atoms with E-state index < -0.39 is 36.2 Å². The lowest BCUT2D eigenvalue weighted by atomic mass is 10.1. The molecule has 156 valence electrons. The minimum atomic E-state index is -1.12. The second kappa shape index (κ2) is 12.7. The summed E-state index contributed by atoms with van der Waals surface area (Å²) in [6, 6.07) is 7.66. The Morgan fingerprint density at radius 3 is 2.46 bits per heavy atom. The van der Waals surface area contributed by atoms with E-state index in [1.807, 2.05) is 30.3 Å². The Balaban J connectivity index is 2.19. The number of aliphatic hydroxyl groups excluding tert-OH is 1. The molecule has 0 bridgehead atoms. The van der Waals surface area contributed by atoms with Crippen LogP contribution in [0.1, 0.15) is 31.7 Å². The lowest BCUT2D eigenvalue weighted by Gasteiger charge is -2.20. The van der Waals surface area contributed by atoms with Crippen LogP contribution in [-0.2, 0) is 25.7 Å². The number of carbonyl (C=O) groups is 3. The van der Waals surface area contributed by atoms with Gasteiger partial charge in [-0.05, 0) is 25.3 Å². The van der Waals surface area contributed by atoms with Crippen molar-refractivity contribution in [1.29, 1.82) is 0 Å². The van der Waals surface area contributed by atoms with Gasteiger partial charge in [-0.2, -0.15) is 0 Å². The van der Waals surface area contributed by atoms with Crippen LogP contribution in [-0.4, -0.2) is 54.9 Å². The van der Waals surface area contributed by atoms with Crippen molar-refractivity contribution in [3.05, 3.63) is 35.9 Å². The number of aliphatic hydroxyl groups is 1. The van der Waals surface area contributed by atoms with Crippen LogP contribution in [0.2, 0.25) is 0 Å². The van der Waals surface area contributed by atoms with Crippen LogP contribution < -0.4 is 16.4 Å². The summed E-state index contributed by atoms with van der Waals surface area (Å²) in [5.74, 6) is -1.15. The van der Waals surface area contributed by atoms with E-state index in [1.54, 1.807) is 0 Å². The highest BCUT2D eigenvalue weighted by Gasteiger charge is 2.29. The molecule has 3 atom stereocenters. The number of unbranched alkanes of at least 4 members (excludes halogenated alkanes) is 1. The fourth-order valence-corrected chi connectivity index (χ4v) is 2.39. The Morgan fingerprint density at radius 2 is 1.86 bits per heavy atom. The average Bonchev–Trinajstić information content (AvgIpc) is 2.69. The summed E-state index contributed by atoms with van der Waals surface area (Å²) in [7, 11) is 1.18. The smallest absolute Gasteiger partial charge is 0.407 e. The summed E-state index contributed by atoms with van der Waals surface area (Å²) in [6.07, 6.45) is 0.204. The van der Waals surface area contributed by atoms with E-state index in [0.717, 1.165) is 5.56 Å². The molecule has 0 aliphatic heterocycles. The molecule has 0 radical (unpaired) electrons. The first kappa shape index (κ1) is 23.4. The van der Waals surface area contributed by atoms with Crippen molar-refractivity contribution < 1.29 is 34.7 Å². The van der Waals surface area contributed by atoms with Gasteiger partial charge in [-0.15, -0.1) is 0 Å². The standard InChI is InChI=1S/C19H29N3O6/c1-13(23)16(18(25)27-2)22-17(24)15(20)10-6-7-11-21-19(26)28-12-14-8-4-3-5-9-14/h3-5,8-9,13,15-16,23H,6-7,10-12,20H2,1-2H3,(H,21,26)(H,22,24)/p+1/t13-,15-,16+/m1/s1. The van der Waals surface area contributed by atoms with E-state index in [-0.39, 0.29) is 6.61 Å². The van der Waals surface area contributed by atoms with E-state index in [9.17, 15) is 19.5 Å². The van der Waals surface area contributed by atoms with Crippen molar-refractivity contribution >= 4 is 18.0 Å². The number of nitrogens with one attached hydrogen (secondary N) is 2. The zero-order valence-electron chi connectivity index (χ0n) is 16.3. The van der Waals surface area contributed by atoms with E-state index in [0.29, 0.717) is 25.8 Å². The molecule has 28 heavy (non-hydrogen) atoms. The van der Waals surface area contributed by atoms with Crippen LogP contribution in [0.4, 0.5) is 4.79 Å². The number of alkyl carbamates (subject to hydrolysis) is 1. The van der Waals surface area contributed by atoms with Crippen LogP contribution in [0.3, 0.4) is 0 Å². The molecule has 9 heteroatoms. The minimum Gasteiger partial charge on any atom is -0.467 e. The van der Waals surface area contributed by atoms with Crippen molar-refractivity contribution in [3.8, 4) is 0 Å². The Hall–Kier alpha value is -2.65. The van der Waals surface area contributed by atoms with E-state index >= 15 is 0 Å². The Bertz CT molecular complexity index is 623. The maximum atomic E-state index is 12.1. The number of amides is 2. The molecule has 0 fully saturated rings. The van der Waals surface area contributed by atoms with Gasteiger partial charge in [0.25, 0.3) is 5.91 Å². The van der Waals surface area contributed by atoms with Gasteiger partial charge in [0.05, 0.1) is 13.2 Å². The third-order valence-electron chi connectivity index (χ3n) is 4.07. The monoisotopic (exact) mass is 396 g/mol. The molecule has 0 spiro atoms. The molecule has 1 rings (SSSR count). The molecule has 2 amide bonds. The van der Waals surface area contributed by atoms with Crippen molar-refractivity contribution in [2.75, 3.05) is 13.7 Å².